The molecule has 7 heteroatoms. The lowest BCUT2D eigenvalue weighted by Crippen LogP contribution is -2.52. The standard InChI is InChI=1S/C12H15NO5S/c1-9-3-2-4-10(7-9)19(16,17)13-5-6-18-8-11(13)12(14)15/h2-4,7,11H,5-6,8H2,1H3,(H,14,15). The van der Waals surface area contributed by atoms with Crippen LogP contribution in [-0.2, 0) is 19.6 Å². The van der Waals surface area contributed by atoms with Crippen LogP contribution in [0.4, 0.5) is 0 Å². The molecule has 19 heavy (non-hydrogen) atoms. The number of carboxylic acids is 1. The molecule has 0 bridgehead atoms. The summed E-state index contributed by atoms with van der Waals surface area (Å²) in [5.41, 5.74) is 0.807. The molecule has 1 saturated heterocycles. The Morgan fingerprint density at radius 3 is 2.84 bits per heavy atom. The van der Waals surface area contributed by atoms with E-state index >= 15 is 0 Å². The molecule has 2 rings (SSSR count). The minimum Gasteiger partial charge on any atom is -0.480 e. The van der Waals surface area contributed by atoms with Crippen LogP contribution in [-0.4, -0.2) is 49.6 Å². The van der Waals surface area contributed by atoms with E-state index in [0.29, 0.717) is 0 Å². The fourth-order valence-electron chi connectivity index (χ4n) is 1.98. The molecule has 0 aliphatic carbocycles. The van der Waals surface area contributed by atoms with Gasteiger partial charge in [0.1, 0.15) is 6.04 Å². The van der Waals surface area contributed by atoms with Crippen molar-refractivity contribution in [3.05, 3.63) is 29.8 Å². The molecule has 6 nitrogen and oxygen atoms in total. The summed E-state index contributed by atoms with van der Waals surface area (Å²) in [5, 5.41) is 9.09. The molecule has 1 aliphatic rings. The van der Waals surface area contributed by atoms with Gasteiger partial charge in [-0.3, -0.25) is 4.79 Å². The number of hydrogen-bond acceptors (Lipinski definition) is 4. The average Bonchev–Trinajstić information content (AvgIpc) is 2.38. The minimum atomic E-state index is -3.81. The van der Waals surface area contributed by atoms with E-state index in [-0.39, 0.29) is 24.7 Å². The number of nitrogens with zero attached hydrogens (tertiary/aromatic N) is 1. The highest BCUT2D eigenvalue weighted by Crippen LogP contribution is 2.21. The molecule has 0 saturated carbocycles. The van der Waals surface area contributed by atoms with Crippen molar-refractivity contribution in [1.29, 1.82) is 0 Å². The van der Waals surface area contributed by atoms with Gasteiger partial charge in [-0.05, 0) is 24.6 Å². The molecule has 1 fully saturated rings. The van der Waals surface area contributed by atoms with E-state index in [2.05, 4.69) is 0 Å². The summed E-state index contributed by atoms with van der Waals surface area (Å²) in [4.78, 5) is 11.2. The Morgan fingerprint density at radius 2 is 2.21 bits per heavy atom. The largest absolute Gasteiger partial charge is 0.480 e. The number of benzene rings is 1. The number of carboxylic acid groups (broad SMARTS) is 1. The van der Waals surface area contributed by atoms with Crippen LogP contribution >= 0.6 is 0 Å². The van der Waals surface area contributed by atoms with Gasteiger partial charge in [0.25, 0.3) is 0 Å². The van der Waals surface area contributed by atoms with Gasteiger partial charge in [0.2, 0.25) is 10.0 Å². The van der Waals surface area contributed by atoms with Crippen LogP contribution in [0.1, 0.15) is 5.56 Å². The molecule has 0 aromatic heterocycles. The van der Waals surface area contributed by atoms with Crippen molar-refractivity contribution in [1.82, 2.24) is 4.31 Å². The van der Waals surface area contributed by atoms with Crippen molar-refractivity contribution >= 4 is 16.0 Å². The quantitative estimate of drug-likeness (QED) is 0.872. The highest BCUT2D eigenvalue weighted by atomic mass is 32.2. The Balaban J connectivity index is 2.40. The maximum absolute atomic E-state index is 12.5. The molecule has 1 N–H and O–H groups in total. The van der Waals surface area contributed by atoms with Gasteiger partial charge in [-0.15, -0.1) is 0 Å². The number of morpholine rings is 1. The smallest absolute Gasteiger partial charge is 0.324 e. The maximum atomic E-state index is 12.5. The second kappa shape index (κ2) is 5.28. The number of ether oxygens (including phenoxy) is 1. The highest BCUT2D eigenvalue weighted by Gasteiger charge is 2.38. The Labute approximate surface area is 111 Å². The predicted octanol–water partition coefficient (Wildman–Crippen LogP) is 0.469. The van der Waals surface area contributed by atoms with Crippen molar-refractivity contribution < 1.29 is 23.1 Å². The van der Waals surface area contributed by atoms with E-state index < -0.39 is 22.0 Å². The summed E-state index contributed by atoms with van der Waals surface area (Å²) < 4.78 is 31.0. The molecule has 1 atom stereocenters. The van der Waals surface area contributed by atoms with Gasteiger partial charge in [-0.1, -0.05) is 12.1 Å². The summed E-state index contributed by atoms with van der Waals surface area (Å²) in [6.45, 7) is 1.91. The summed E-state index contributed by atoms with van der Waals surface area (Å²) in [7, 11) is -3.81. The molecular weight excluding hydrogens is 270 g/mol. The van der Waals surface area contributed by atoms with Crippen LogP contribution in [0.3, 0.4) is 0 Å². The van der Waals surface area contributed by atoms with E-state index in [0.717, 1.165) is 9.87 Å². The summed E-state index contributed by atoms with van der Waals surface area (Å²) in [5.74, 6) is -1.20. The van der Waals surface area contributed by atoms with Gasteiger partial charge < -0.3 is 9.84 Å². The first-order valence-electron chi connectivity index (χ1n) is 5.82. The number of aliphatic carboxylic acids is 1. The molecule has 104 valence electrons. The Morgan fingerprint density at radius 1 is 1.47 bits per heavy atom. The first-order valence-corrected chi connectivity index (χ1v) is 7.26. The third kappa shape index (κ3) is 2.78. The van der Waals surface area contributed by atoms with Crippen molar-refractivity contribution in [3.8, 4) is 0 Å². The lowest BCUT2D eigenvalue weighted by molar-refractivity contribution is -0.146. The summed E-state index contributed by atoms with van der Waals surface area (Å²) in [6.07, 6.45) is 0. The third-order valence-electron chi connectivity index (χ3n) is 2.96. The van der Waals surface area contributed by atoms with Crippen LogP contribution in [0.5, 0.6) is 0 Å². The Bertz CT molecular complexity index is 584. The number of carbonyl (C=O) groups is 1. The lowest BCUT2D eigenvalue weighted by Gasteiger charge is -2.31. The first-order chi connectivity index (χ1) is 8.93. The van der Waals surface area contributed by atoms with Crippen molar-refractivity contribution in [2.75, 3.05) is 19.8 Å². The predicted molar refractivity (Wildman–Crippen MR) is 67.3 cm³/mol. The third-order valence-corrected chi connectivity index (χ3v) is 4.86. The van der Waals surface area contributed by atoms with E-state index in [1.54, 1.807) is 19.1 Å². The summed E-state index contributed by atoms with van der Waals surface area (Å²) in [6, 6.07) is 5.26. The van der Waals surface area contributed by atoms with E-state index in [1.807, 2.05) is 0 Å². The summed E-state index contributed by atoms with van der Waals surface area (Å²) >= 11 is 0. The fraction of sp³-hybridized carbons (Fsp3) is 0.417. The van der Waals surface area contributed by atoms with Crippen LogP contribution in [0.25, 0.3) is 0 Å². The Kier molecular flexibility index (Phi) is 3.88. The van der Waals surface area contributed by atoms with Gasteiger partial charge in [0.05, 0.1) is 18.1 Å². The first kappa shape index (κ1) is 14.0. The molecule has 1 heterocycles. The SMILES string of the molecule is Cc1cccc(S(=O)(=O)N2CCOCC2C(=O)O)c1. The number of rotatable bonds is 3. The number of hydrogen-bond donors (Lipinski definition) is 1. The topological polar surface area (TPSA) is 83.9 Å². The molecule has 1 aromatic carbocycles. The van der Waals surface area contributed by atoms with Crippen molar-refractivity contribution in [2.24, 2.45) is 0 Å². The molecule has 0 spiro atoms. The van der Waals surface area contributed by atoms with Crippen LogP contribution < -0.4 is 0 Å². The number of sulfonamides is 1. The van der Waals surface area contributed by atoms with Crippen molar-refractivity contribution in [3.63, 3.8) is 0 Å². The minimum absolute atomic E-state index is 0.0489. The van der Waals surface area contributed by atoms with Gasteiger partial charge >= 0.3 is 5.97 Å². The van der Waals surface area contributed by atoms with Gasteiger partial charge in [0.15, 0.2) is 0 Å². The second-order valence-corrected chi connectivity index (χ2v) is 6.25. The zero-order valence-corrected chi connectivity index (χ0v) is 11.3. The van der Waals surface area contributed by atoms with Crippen LogP contribution in [0.2, 0.25) is 0 Å². The van der Waals surface area contributed by atoms with Gasteiger partial charge in [0, 0.05) is 6.54 Å². The molecule has 1 unspecified atom stereocenters. The average molecular weight is 285 g/mol. The molecular formula is C12H15NO5S. The zero-order valence-electron chi connectivity index (χ0n) is 10.4. The molecule has 0 amide bonds. The van der Waals surface area contributed by atoms with E-state index in [1.165, 1.54) is 12.1 Å². The Hall–Kier alpha value is -1.44. The van der Waals surface area contributed by atoms with Crippen LogP contribution in [0.15, 0.2) is 29.2 Å². The van der Waals surface area contributed by atoms with Crippen LogP contribution in [0, 0.1) is 6.92 Å². The molecule has 1 aromatic rings. The van der Waals surface area contributed by atoms with Crippen molar-refractivity contribution in [2.45, 2.75) is 17.9 Å². The van der Waals surface area contributed by atoms with E-state index in [9.17, 15) is 13.2 Å². The van der Waals surface area contributed by atoms with E-state index in [4.69, 9.17) is 9.84 Å². The highest BCUT2D eigenvalue weighted by molar-refractivity contribution is 7.89. The fourth-order valence-corrected chi connectivity index (χ4v) is 3.64. The molecule has 0 radical (unpaired) electrons. The number of aryl methyl sites for hydroxylation is 1. The zero-order chi connectivity index (χ0) is 14.0. The van der Waals surface area contributed by atoms with Gasteiger partial charge in [-0.25, -0.2) is 8.42 Å². The molecule has 1 aliphatic heterocycles. The maximum Gasteiger partial charge on any atom is 0.324 e. The van der Waals surface area contributed by atoms with Gasteiger partial charge in [-0.2, -0.15) is 4.31 Å². The monoisotopic (exact) mass is 285 g/mol. The second-order valence-electron chi connectivity index (χ2n) is 4.36. The lowest BCUT2D eigenvalue weighted by atomic mass is 10.2. The normalized spacial score (nSPS) is 21.2.